The Balaban J connectivity index is 2.16. The number of carboxylic acid groups (broad SMARTS) is 1. The topological polar surface area (TPSA) is 88.5 Å². The lowest BCUT2D eigenvalue weighted by molar-refractivity contribution is -0.154. The van der Waals surface area contributed by atoms with E-state index < -0.39 is 36.0 Å². The fourth-order valence-corrected chi connectivity index (χ4v) is 2.29. The van der Waals surface area contributed by atoms with Crippen molar-refractivity contribution >= 4 is 11.9 Å². The molecule has 2 N–H and O–H groups in total. The number of ether oxygens (including phenoxy) is 1. The van der Waals surface area contributed by atoms with E-state index in [9.17, 15) is 27.9 Å². The van der Waals surface area contributed by atoms with Gasteiger partial charge >= 0.3 is 12.1 Å². The first-order valence-corrected chi connectivity index (χ1v) is 7.85. The molecule has 1 aromatic carbocycles. The molecule has 1 atom stereocenters. The van der Waals surface area contributed by atoms with Gasteiger partial charge in [0.25, 0.3) is 5.91 Å². The number of pyridine rings is 1. The summed E-state index contributed by atoms with van der Waals surface area (Å²) in [5.41, 5.74) is -1.17. The summed E-state index contributed by atoms with van der Waals surface area (Å²) in [4.78, 5) is 27.8. The van der Waals surface area contributed by atoms with Crippen LogP contribution in [0.3, 0.4) is 0 Å². The van der Waals surface area contributed by atoms with Crippen LogP contribution in [0.2, 0.25) is 0 Å². The second-order valence-electron chi connectivity index (χ2n) is 5.95. The summed E-state index contributed by atoms with van der Waals surface area (Å²) < 4.78 is 41.6. The first kappa shape index (κ1) is 20.2. The molecule has 0 aliphatic heterocycles. The van der Waals surface area contributed by atoms with Gasteiger partial charge < -0.3 is 15.2 Å². The molecular formula is C18H17F3N2O4. The van der Waals surface area contributed by atoms with Crippen LogP contribution in [0.15, 0.2) is 48.7 Å². The Bertz CT molecular complexity index is 812. The van der Waals surface area contributed by atoms with Crippen molar-refractivity contribution in [2.24, 2.45) is 0 Å². The highest BCUT2D eigenvalue weighted by molar-refractivity contribution is 5.96. The number of carbonyl (C=O) groups excluding carboxylic acids is 1. The lowest BCUT2D eigenvalue weighted by Crippen LogP contribution is -2.44. The standard InChI is InChI=1S/C18H17F3N2O4/c1-17(16(25)26,12-6-3-2-4-7-12)10-23-14(24)13-8-5-9-22-15(13)27-11-18(19,20)21/h2-9H,10-11H2,1H3,(H,23,24)(H,25,26). The van der Waals surface area contributed by atoms with Crippen molar-refractivity contribution in [3.05, 3.63) is 59.8 Å². The molecule has 1 aromatic heterocycles. The SMILES string of the molecule is CC(CNC(=O)c1cccnc1OCC(F)(F)F)(C(=O)O)c1ccccc1. The average Bonchev–Trinajstić information content (AvgIpc) is 2.64. The third-order valence-electron chi connectivity index (χ3n) is 3.87. The Kier molecular flexibility index (Phi) is 6.04. The number of nitrogens with zero attached hydrogens (tertiary/aromatic N) is 1. The second-order valence-corrected chi connectivity index (χ2v) is 5.95. The molecule has 27 heavy (non-hydrogen) atoms. The molecule has 1 amide bonds. The number of aliphatic carboxylic acids is 1. The number of aromatic nitrogens is 1. The van der Waals surface area contributed by atoms with Crippen LogP contribution in [0.5, 0.6) is 5.88 Å². The van der Waals surface area contributed by atoms with Gasteiger partial charge in [-0.05, 0) is 24.6 Å². The molecule has 0 spiro atoms. The summed E-state index contributed by atoms with van der Waals surface area (Å²) >= 11 is 0. The Morgan fingerprint density at radius 1 is 1.15 bits per heavy atom. The lowest BCUT2D eigenvalue weighted by atomic mass is 9.82. The van der Waals surface area contributed by atoms with Crippen LogP contribution in [0.1, 0.15) is 22.8 Å². The quantitative estimate of drug-likeness (QED) is 0.769. The molecule has 0 radical (unpaired) electrons. The molecule has 0 bridgehead atoms. The molecule has 0 fully saturated rings. The van der Waals surface area contributed by atoms with E-state index in [2.05, 4.69) is 15.0 Å². The molecule has 0 saturated carbocycles. The number of amides is 1. The predicted octanol–water partition coefficient (Wildman–Crippen LogP) is 2.80. The van der Waals surface area contributed by atoms with Gasteiger partial charge in [0.05, 0.1) is 0 Å². The van der Waals surface area contributed by atoms with Gasteiger partial charge in [0, 0.05) is 12.7 Å². The van der Waals surface area contributed by atoms with E-state index in [0.29, 0.717) is 5.56 Å². The Morgan fingerprint density at radius 3 is 2.41 bits per heavy atom. The number of hydrogen-bond donors (Lipinski definition) is 2. The highest BCUT2D eigenvalue weighted by Gasteiger charge is 2.36. The van der Waals surface area contributed by atoms with Crippen LogP contribution in [0, 0.1) is 0 Å². The van der Waals surface area contributed by atoms with E-state index in [1.807, 2.05) is 0 Å². The van der Waals surface area contributed by atoms with Gasteiger partial charge in [-0.15, -0.1) is 0 Å². The van der Waals surface area contributed by atoms with Gasteiger partial charge in [-0.3, -0.25) is 9.59 Å². The number of hydrogen-bond acceptors (Lipinski definition) is 4. The first-order valence-electron chi connectivity index (χ1n) is 7.85. The van der Waals surface area contributed by atoms with E-state index in [1.165, 1.54) is 25.3 Å². The van der Waals surface area contributed by atoms with Crippen molar-refractivity contribution in [1.82, 2.24) is 10.3 Å². The van der Waals surface area contributed by atoms with Crippen LogP contribution in [0.25, 0.3) is 0 Å². The van der Waals surface area contributed by atoms with Gasteiger partial charge in [0.15, 0.2) is 6.61 Å². The van der Waals surface area contributed by atoms with Crippen LogP contribution >= 0.6 is 0 Å². The average molecular weight is 382 g/mol. The number of halogens is 3. The maximum absolute atomic E-state index is 12.4. The van der Waals surface area contributed by atoms with Crippen molar-refractivity contribution in [1.29, 1.82) is 0 Å². The summed E-state index contributed by atoms with van der Waals surface area (Å²) in [6.07, 6.45) is -3.39. The van der Waals surface area contributed by atoms with Crippen LogP contribution in [-0.2, 0) is 10.2 Å². The molecule has 2 aromatic rings. The molecule has 0 aliphatic rings. The zero-order chi connectivity index (χ0) is 20.1. The molecule has 9 heteroatoms. The number of carboxylic acids is 1. The largest absolute Gasteiger partial charge is 0.481 e. The predicted molar refractivity (Wildman–Crippen MR) is 89.6 cm³/mol. The fraction of sp³-hybridized carbons (Fsp3) is 0.278. The minimum absolute atomic E-state index is 0.220. The summed E-state index contributed by atoms with van der Waals surface area (Å²) in [6.45, 7) is -0.435. The molecular weight excluding hydrogens is 365 g/mol. The summed E-state index contributed by atoms with van der Waals surface area (Å²) in [6, 6.07) is 10.9. The molecule has 1 heterocycles. The van der Waals surface area contributed by atoms with Gasteiger partial charge in [0.2, 0.25) is 5.88 Å². The Morgan fingerprint density at radius 2 is 1.81 bits per heavy atom. The lowest BCUT2D eigenvalue weighted by Gasteiger charge is -2.25. The highest BCUT2D eigenvalue weighted by atomic mass is 19.4. The van der Waals surface area contributed by atoms with Crippen molar-refractivity contribution in [2.75, 3.05) is 13.2 Å². The maximum Gasteiger partial charge on any atom is 0.422 e. The van der Waals surface area contributed by atoms with E-state index in [1.54, 1.807) is 30.3 Å². The Labute approximate surface area is 153 Å². The number of benzene rings is 1. The van der Waals surface area contributed by atoms with Gasteiger partial charge in [0.1, 0.15) is 11.0 Å². The van der Waals surface area contributed by atoms with Crippen LogP contribution < -0.4 is 10.1 Å². The zero-order valence-corrected chi connectivity index (χ0v) is 14.3. The monoisotopic (exact) mass is 382 g/mol. The van der Waals surface area contributed by atoms with Crippen molar-refractivity contribution < 1.29 is 32.6 Å². The fourth-order valence-electron chi connectivity index (χ4n) is 2.29. The van der Waals surface area contributed by atoms with Crippen molar-refractivity contribution in [2.45, 2.75) is 18.5 Å². The molecule has 0 aliphatic carbocycles. The van der Waals surface area contributed by atoms with Gasteiger partial charge in [-0.2, -0.15) is 13.2 Å². The zero-order valence-electron chi connectivity index (χ0n) is 14.3. The van der Waals surface area contributed by atoms with Crippen LogP contribution in [-0.4, -0.2) is 41.3 Å². The smallest absolute Gasteiger partial charge is 0.422 e. The number of alkyl halides is 3. The van der Waals surface area contributed by atoms with Crippen molar-refractivity contribution in [3.63, 3.8) is 0 Å². The number of carbonyl (C=O) groups is 2. The summed E-state index contributed by atoms with van der Waals surface area (Å²) in [5.74, 6) is -2.43. The minimum Gasteiger partial charge on any atom is -0.481 e. The first-order chi connectivity index (χ1) is 12.6. The Hall–Kier alpha value is -3.10. The third-order valence-corrected chi connectivity index (χ3v) is 3.87. The summed E-state index contributed by atoms with van der Waals surface area (Å²) in [5, 5.41) is 12.0. The van der Waals surface area contributed by atoms with Gasteiger partial charge in [-0.1, -0.05) is 30.3 Å². The number of nitrogens with one attached hydrogen (secondary N) is 1. The van der Waals surface area contributed by atoms with E-state index in [-0.39, 0.29) is 12.1 Å². The normalized spacial score (nSPS) is 13.5. The second kappa shape index (κ2) is 8.07. The molecule has 1 unspecified atom stereocenters. The third kappa shape index (κ3) is 5.19. The van der Waals surface area contributed by atoms with Crippen molar-refractivity contribution in [3.8, 4) is 5.88 Å². The van der Waals surface area contributed by atoms with Crippen LogP contribution in [0.4, 0.5) is 13.2 Å². The van der Waals surface area contributed by atoms with Gasteiger partial charge in [-0.25, -0.2) is 4.98 Å². The van der Waals surface area contributed by atoms with E-state index in [0.717, 1.165) is 0 Å². The van der Waals surface area contributed by atoms with E-state index in [4.69, 9.17) is 0 Å². The molecule has 2 rings (SSSR count). The van der Waals surface area contributed by atoms with E-state index >= 15 is 0 Å². The molecule has 6 nitrogen and oxygen atoms in total. The molecule has 0 saturated heterocycles. The maximum atomic E-state index is 12.4. The number of rotatable bonds is 7. The minimum atomic E-state index is -4.58. The molecule has 144 valence electrons. The highest BCUT2D eigenvalue weighted by Crippen LogP contribution is 2.24. The summed E-state index contributed by atoms with van der Waals surface area (Å²) in [7, 11) is 0.